The predicted octanol–water partition coefficient (Wildman–Crippen LogP) is 2.24. The lowest BCUT2D eigenvalue weighted by Gasteiger charge is -2.11. The second kappa shape index (κ2) is 6.58. The molecule has 7 heteroatoms. The Balaban J connectivity index is 2.17. The molecule has 122 valence electrons. The van der Waals surface area contributed by atoms with Crippen molar-refractivity contribution in [2.75, 3.05) is 18.5 Å². The molecule has 22 heavy (non-hydrogen) atoms. The molecule has 1 saturated carbocycles. The number of carbonyl (C=O) groups excluding carboxylic acids is 1. The SMILES string of the molecule is CC(C)OC(=O)Nc1cc(F)c([C@H]2[C@H](CO)[C@@H]2CO)c(F)c1. The van der Waals surface area contributed by atoms with Crippen molar-refractivity contribution < 1.29 is 28.5 Å². The second-order valence-electron chi connectivity index (χ2n) is 5.65. The molecule has 1 aromatic carbocycles. The standard InChI is InChI=1S/C15H19F2NO4/c1-7(2)22-15(21)18-8-3-11(16)14(12(17)4-8)13-9(5-19)10(13)6-20/h3-4,7,9-10,13,19-20H,5-6H2,1-2H3,(H,18,21)/t9-,10+,13+. The first kappa shape index (κ1) is 16.6. The monoisotopic (exact) mass is 315 g/mol. The fourth-order valence-corrected chi connectivity index (χ4v) is 2.71. The summed E-state index contributed by atoms with van der Waals surface area (Å²) in [5.41, 5.74) is -0.216. The molecular weight excluding hydrogens is 296 g/mol. The number of benzene rings is 1. The average molecular weight is 315 g/mol. The van der Waals surface area contributed by atoms with Crippen LogP contribution in [0.15, 0.2) is 12.1 Å². The molecule has 0 saturated heterocycles. The van der Waals surface area contributed by atoms with Crippen LogP contribution in [0.5, 0.6) is 0 Å². The number of hydrogen-bond donors (Lipinski definition) is 3. The summed E-state index contributed by atoms with van der Waals surface area (Å²) in [5, 5.41) is 20.5. The average Bonchev–Trinajstić information content (AvgIpc) is 3.09. The molecule has 0 spiro atoms. The fourth-order valence-electron chi connectivity index (χ4n) is 2.71. The topological polar surface area (TPSA) is 78.8 Å². The molecule has 1 aromatic rings. The Morgan fingerprint density at radius 2 is 1.73 bits per heavy atom. The summed E-state index contributed by atoms with van der Waals surface area (Å²) in [7, 11) is 0. The summed E-state index contributed by atoms with van der Waals surface area (Å²) in [4.78, 5) is 11.4. The molecule has 1 fully saturated rings. The number of aliphatic hydroxyl groups is 2. The maximum Gasteiger partial charge on any atom is 0.411 e. The molecule has 2 rings (SSSR count). The zero-order chi connectivity index (χ0) is 16.4. The minimum absolute atomic E-state index is 0.0499. The molecule has 0 aromatic heterocycles. The predicted molar refractivity (Wildman–Crippen MR) is 75.5 cm³/mol. The number of anilines is 1. The van der Waals surface area contributed by atoms with Crippen molar-refractivity contribution in [1.82, 2.24) is 0 Å². The lowest BCUT2D eigenvalue weighted by Crippen LogP contribution is -2.18. The van der Waals surface area contributed by atoms with Gasteiger partial charge >= 0.3 is 6.09 Å². The summed E-state index contributed by atoms with van der Waals surface area (Å²) >= 11 is 0. The van der Waals surface area contributed by atoms with Crippen LogP contribution in [0.2, 0.25) is 0 Å². The van der Waals surface area contributed by atoms with Crippen molar-refractivity contribution in [3.8, 4) is 0 Å². The van der Waals surface area contributed by atoms with Crippen molar-refractivity contribution >= 4 is 11.8 Å². The van der Waals surface area contributed by atoms with Gasteiger partial charge in [0, 0.05) is 30.4 Å². The quantitative estimate of drug-likeness (QED) is 0.778. The summed E-state index contributed by atoms with van der Waals surface area (Å²) < 4.78 is 33.1. The van der Waals surface area contributed by atoms with Gasteiger partial charge in [-0.25, -0.2) is 13.6 Å². The van der Waals surface area contributed by atoms with E-state index in [1.807, 2.05) is 0 Å². The van der Waals surface area contributed by atoms with Crippen LogP contribution in [-0.4, -0.2) is 35.6 Å². The molecular formula is C15H19F2NO4. The van der Waals surface area contributed by atoms with E-state index in [0.717, 1.165) is 12.1 Å². The molecule has 1 aliphatic carbocycles. The summed E-state index contributed by atoms with van der Waals surface area (Å²) in [6.07, 6.45) is -1.15. The lowest BCUT2D eigenvalue weighted by atomic mass is 10.1. The van der Waals surface area contributed by atoms with Crippen LogP contribution in [0.3, 0.4) is 0 Å². The third-order valence-electron chi connectivity index (χ3n) is 3.75. The smallest absolute Gasteiger partial charge is 0.411 e. The van der Waals surface area contributed by atoms with Crippen LogP contribution in [-0.2, 0) is 4.74 Å². The number of hydrogen-bond acceptors (Lipinski definition) is 4. The largest absolute Gasteiger partial charge is 0.447 e. The molecule has 3 N–H and O–H groups in total. The van der Waals surface area contributed by atoms with Crippen LogP contribution in [0.25, 0.3) is 0 Å². The summed E-state index contributed by atoms with van der Waals surface area (Å²) in [6, 6.07) is 2.00. The molecule has 0 heterocycles. The molecule has 1 aliphatic rings. The minimum Gasteiger partial charge on any atom is -0.447 e. The molecule has 5 nitrogen and oxygen atoms in total. The van der Waals surface area contributed by atoms with Crippen LogP contribution in [0.1, 0.15) is 25.3 Å². The van der Waals surface area contributed by atoms with Gasteiger partial charge in [0.05, 0.1) is 6.10 Å². The van der Waals surface area contributed by atoms with E-state index in [9.17, 15) is 13.6 Å². The highest BCUT2D eigenvalue weighted by atomic mass is 19.1. The Morgan fingerprint density at radius 1 is 1.23 bits per heavy atom. The molecule has 0 bridgehead atoms. The molecule has 0 unspecified atom stereocenters. The van der Waals surface area contributed by atoms with Gasteiger partial charge in [-0.15, -0.1) is 0 Å². The third kappa shape index (κ3) is 3.36. The summed E-state index contributed by atoms with van der Waals surface area (Å²) in [5.74, 6) is -2.89. The molecule has 1 amide bonds. The van der Waals surface area contributed by atoms with Crippen molar-refractivity contribution in [3.05, 3.63) is 29.3 Å². The van der Waals surface area contributed by atoms with Gasteiger partial charge in [0.25, 0.3) is 0 Å². The van der Waals surface area contributed by atoms with Gasteiger partial charge in [0.2, 0.25) is 0 Å². The van der Waals surface area contributed by atoms with Gasteiger partial charge < -0.3 is 14.9 Å². The van der Waals surface area contributed by atoms with Crippen molar-refractivity contribution in [2.45, 2.75) is 25.9 Å². The zero-order valence-electron chi connectivity index (χ0n) is 12.3. The Kier molecular flexibility index (Phi) is 4.97. The highest BCUT2D eigenvalue weighted by Gasteiger charge is 2.52. The van der Waals surface area contributed by atoms with E-state index in [0.29, 0.717) is 0 Å². The molecule has 3 atom stereocenters. The first-order valence-corrected chi connectivity index (χ1v) is 7.07. The van der Waals surface area contributed by atoms with Gasteiger partial charge in [0.1, 0.15) is 11.6 Å². The number of aliphatic hydroxyl groups excluding tert-OH is 2. The first-order chi connectivity index (χ1) is 10.4. The van der Waals surface area contributed by atoms with E-state index < -0.39 is 23.6 Å². The fraction of sp³-hybridized carbons (Fsp3) is 0.533. The van der Waals surface area contributed by atoms with Gasteiger partial charge in [-0.1, -0.05) is 0 Å². The van der Waals surface area contributed by atoms with Crippen LogP contribution in [0, 0.1) is 23.5 Å². The van der Waals surface area contributed by atoms with Gasteiger partial charge in [-0.3, -0.25) is 5.32 Å². The van der Waals surface area contributed by atoms with Crippen LogP contribution < -0.4 is 5.32 Å². The first-order valence-electron chi connectivity index (χ1n) is 7.07. The number of halogens is 2. The number of carbonyl (C=O) groups is 1. The second-order valence-corrected chi connectivity index (χ2v) is 5.65. The van der Waals surface area contributed by atoms with Gasteiger partial charge in [-0.05, 0) is 37.8 Å². The molecule has 0 aliphatic heterocycles. The zero-order valence-corrected chi connectivity index (χ0v) is 12.3. The number of nitrogens with one attached hydrogen (secondary N) is 1. The van der Waals surface area contributed by atoms with Gasteiger partial charge in [0.15, 0.2) is 0 Å². The van der Waals surface area contributed by atoms with Crippen molar-refractivity contribution in [3.63, 3.8) is 0 Å². The normalized spacial score (nSPS) is 23.5. The lowest BCUT2D eigenvalue weighted by molar-refractivity contribution is 0.130. The van der Waals surface area contributed by atoms with Crippen molar-refractivity contribution in [1.29, 1.82) is 0 Å². The minimum atomic E-state index is -0.820. The van der Waals surface area contributed by atoms with E-state index in [2.05, 4.69) is 5.32 Å². The Labute approximate surface area is 126 Å². The maximum atomic E-state index is 14.1. The van der Waals surface area contributed by atoms with E-state index in [-0.39, 0.29) is 42.4 Å². The van der Waals surface area contributed by atoms with E-state index in [1.165, 1.54) is 0 Å². The van der Waals surface area contributed by atoms with Gasteiger partial charge in [-0.2, -0.15) is 0 Å². The van der Waals surface area contributed by atoms with E-state index in [4.69, 9.17) is 14.9 Å². The number of ether oxygens (including phenoxy) is 1. The Morgan fingerprint density at radius 3 is 2.14 bits per heavy atom. The molecule has 0 radical (unpaired) electrons. The third-order valence-corrected chi connectivity index (χ3v) is 3.75. The Hall–Kier alpha value is -1.73. The maximum absolute atomic E-state index is 14.1. The summed E-state index contributed by atoms with van der Waals surface area (Å²) in [6.45, 7) is 2.83. The highest BCUT2D eigenvalue weighted by molar-refractivity contribution is 5.84. The highest BCUT2D eigenvalue weighted by Crippen LogP contribution is 2.54. The van der Waals surface area contributed by atoms with Crippen LogP contribution in [0.4, 0.5) is 19.3 Å². The number of amides is 1. The van der Waals surface area contributed by atoms with Crippen molar-refractivity contribution in [2.24, 2.45) is 11.8 Å². The van der Waals surface area contributed by atoms with E-state index in [1.54, 1.807) is 13.8 Å². The Bertz CT molecular complexity index is 531. The van der Waals surface area contributed by atoms with E-state index >= 15 is 0 Å². The van der Waals surface area contributed by atoms with Crippen LogP contribution >= 0.6 is 0 Å². The number of rotatable bonds is 5.